The van der Waals surface area contributed by atoms with E-state index in [1.807, 2.05) is 0 Å². The molecule has 1 nitrogen and oxygen atoms in total. The van der Waals surface area contributed by atoms with Gasteiger partial charge in [-0.25, -0.2) is 0 Å². The first kappa shape index (κ1) is 36.3. The number of fused-ring (bicyclic) bond motifs is 7. The lowest BCUT2D eigenvalue weighted by atomic mass is 9.34. The first-order valence-corrected chi connectivity index (χ1v) is 22.4. The number of nitrogens with zero attached hydrogens (tertiary/aromatic N) is 1. The Bertz CT molecular complexity index is 3740. The third-order valence-corrected chi connectivity index (χ3v) is 14.7. The molecule has 0 amide bonds. The summed E-state index contributed by atoms with van der Waals surface area (Å²) in [5.74, 6) is 0. The summed E-state index contributed by atoms with van der Waals surface area (Å²) in [5, 5.41) is 16.1. The molecule has 0 atom stereocenters. The Morgan fingerprint density at radius 3 is 1.73 bits per heavy atom. The Balaban J connectivity index is 1.13. The number of aryl methyl sites for hydroxylation is 2. The summed E-state index contributed by atoms with van der Waals surface area (Å²) in [6.45, 7) is 9.56. The first-order chi connectivity index (χ1) is 30.9. The largest absolute Gasteiger partial charge is 0.310 e. The molecule has 0 spiro atoms. The molecule has 0 radical (unpaired) electrons. The van der Waals surface area contributed by atoms with E-state index >= 15 is 0 Å². The average Bonchev–Trinajstić information content (AvgIpc) is 3.56. The fourth-order valence-corrected chi connectivity index (χ4v) is 12.1. The van der Waals surface area contributed by atoms with Gasteiger partial charge in [0.05, 0.1) is 0 Å². The van der Waals surface area contributed by atoms with Crippen molar-refractivity contribution in [3.63, 3.8) is 0 Å². The summed E-state index contributed by atoms with van der Waals surface area (Å²) in [6.07, 6.45) is 0. The van der Waals surface area contributed by atoms with Crippen LogP contribution in [0.4, 0.5) is 17.1 Å². The molecular formula is C61H44BN. The van der Waals surface area contributed by atoms with Gasteiger partial charge in [0.1, 0.15) is 0 Å². The fraction of sp³-hybridized carbons (Fsp3) is 0.0820. The van der Waals surface area contributed by atoms with Gasteiger partial charge in [0.15, 0.2) is 0 Å². The summed E-state index contributed by atoms with van der Waals surface area (Å²) >= 11 is 0. The SMILES string of the molecule is Cc1cc2c3ccc(N(c4ccccc4)c4ccccc4)cc3c3cccc4c5c(C)cc(B(c6ccccc6)c6cccc7c6C(C)(C)c6ccccc6-7)c6ccc1c(c65)c2c34. The van der Waals surface area contributed by atoms with Crippen LogP contribution in [0.5, 0.6) is 0 Å². The van der Waals surface area contributed by atoms with Gasteiger partial charge in [0.2, 0.25) is 6.71 Å². The number of rotatable bonds is 6. The molecule has 0 saturated heterocycles. The third kappa shape index (κ3) is 5.01. The molecule has 0 fully saturated rings. The maximum atomic E-state index is 2.54. The van der Waals surface area contributed by atoms with E-state index in [1.165, 1.54) is 114 Å². The molecule has 1 aliphatic rings. The maximum Gasteiger partial charge on any atom is 0.242 e. The molecule has 0 saturated carbocycles. The van der Waals surface area contributed by atoms with Gasteiger partial charge in [-0.2, -0.15) is 0 Å². The van der Waals surface area contributed by atoms with Gasteiger partial charge < -0.3 is 4.90 Å². The van der Waals surface area contributed by atoms with E-state index in [0.29, 0.717) is 0 Å². The van der Waals surface area contributed by atoms with Crippen LogP contribution in [-0.4, -0.2) is 6.71 Å². The zero-order valence-electron chi connectivity index (χ0n) is 36.0. The lowest BCUT2D eigenvalue weighted by Crippen LogP contribution is -2.54. The zero-order valence-corrected chi connectivity index (χ0v) is 36.0. The smallest absolute Gasteiger partial charge is 0.242 e. The molecular weight excluding hydrogens is 757 g/mol. The Morgan fingerprint density at radius 2 is 0.968 bits per heavy atom. The maximum absolute atomic E-state index is 2.54. The Morgan fingerprint density at radius 1 is 0.365 bits per heavy atom. The molecule has 0 aliphatic heterocycles. The zero-order chi connectivity index (χ0) is 42.1. The number of hydrogen-bond donors (Lipinski definition) is 0. The predicted molar refractivity (Wildman–Crippen MR) is 273 cm³/mol. The second-order valence-electron chi connectivity index (χ2n) is 18.4. The number of benzene rings is 12. The highest BCUT2D eigenvalue weighted by Crippen LogP contribution is 2.51. The minimum Gasteiger partial charge on any atom is -0.310 e. The van der Waals surface area contributed by atoms with E-state index in [4.69, 9.17) is 0 Å². The van der Waals surface area contributed by atoms with E-state index < -0.39 is 0 Å². The summed E-state index contributed by atoms with van der Waals surface area (Å²) < 4.78 is 0. The highest BCUT2D eigenvalue weighted by atomic mass is 15.1. The van der Waals surface area contributed by atoms with E-state index in [0.717, 1.165) is 17.1 Å². The van der Waals surface area contributed by atoms with Crippen molar-refractivity contribution in [2.24, 2.45) is 0 Å². The van der Waals surface area contributed by atoms with Gasteiger partial charge in [-0.1, -0.05) is 188 Å². The number of hydrogen-bond acceptors (Lipinski definition) is 1. The van der Waals surface area contributed by atoms with Gasteiger partial charge in [0, 0.05) is 22.5 Å². The third-order valence-electron chi connectivity index (χ3n) is 14.7. The monoisotopic (exact) mass is 801 g/mol. The van der Waals surface area contributed by atoms with Crippen LogP contribution in [0.25, 0.3) is 75.8 Å². The van der Waals surface area contributed by atoms with Crippen LogP contribution in [0.2, 0.25) is 0 Å². The molecule has 0 N–H and O–H groups in total. The summed E-state index contributed by atoms with van der Waals surface area (Å²) in [4.78, 5) is 2.38. The minimum atomic E-state index is -0.142. The normalized spacial score (nSPS) is 13.2. The lowest BCUT2D eigenvalue weighted by Gasteiger charge is -2.29. The Labute approximate surface area is 368 Å². The van der Waals surface area contributed by atoms with Crippen molar-refractivity contribution in [2.75, 3.05) is 4.90 Å². The van der Waals surface area contributed by atoms with Gasteiger partial charge >= 0.3 is 0 Å². The van der Waals surface area contributed by atoms with Crippen LogP contribution in [0.1, 0.15) is 36.1 Å². The molecule has 63 heavy (non-hydrogen) atoms. The Hall–Kier alpha value is -7.42. The highest BCUT2D eigenvalue weighted by molar-refractivity contribution is 6.97. The van der Waals surface area contributed by atoms with Crippen LogP contribution in [0.15, 0.2) is 194 Å². The van der Waals surface area contributed by atoms with Crippen molar-refractivity contribution in [3.05, 3.63) is 216 Å². The molecule has 12 aromatic rings. The molecule has 0 aromatic heterocycles. The molecule has 0 unspecified atom stereocenters. The van der Waals surface area contributed by atoms with Crippen molar-refractivity contribution >= 4 is 105 Å². The van der Waals surface area contributed by atoms with Gasteiger partial charge in [0.25, 0.3) is 0 Å². The van der Waals surface area contributed by atoms with Crippen LogP contribution in [0, 0.1) is 13.8 Å². The van der Waals surface area contributed by atoms with Gasteiger partial charge in [-0.05, 0) is 148 Å². The molecule has 13 rings (SSSR count). The molecule has 0 bridgehead atoms. The van der Waals surface area contributed by atoms with Gasteiger partial charge in [-0.3, -0.25) is 0 Å². The summed E-state index contributed by atoms with van der Waals surface area (Å²) in [5.41, 5.74) is 15.6. The molecule has 296 valence electrons. The lowest BCUT2D eigenvalue weighted by molar-refractivity contribution is 0.664. The second-order valence-corrected chi connectivity index (χ2v) is 18.4. The quantitative estimate of drug-likeness (QED) is 0.0920. The van der Waals surface area contributed by atoms with Crippen molar-refractivity contribution in [1.82, 2.24) is 0 Å². The minimum absolute atomic E-state index is 0.0321. The second kappa shape index (κ2) is 13.3. The molecule has 1 aliphatic carbocycles. The van der Waals surface area contributed by atoms with Crippen molar-refractivity contribution in [2.45, 2.75) is 33.1 Å². The van der Waals surface area contributed by atoms with Crippen LogP contribution < -0.4 is 21.3 Å². The van der Waals surface area contributed by atoms with E-state index in [9.17, 15) is 0 Å². The van der Waals surface area contributed by atoms with Crippen LogP contribution in [0.3, 0.4) is 0 Å². The van der Waals surface area contributed by atoms with E-state index in [2.05, 4.69) is 227 Å². The summed E-state index contributed by atoms with van der Waals surface area (Å²) in [6, 6.07) is 72.9. The van der Waals surface area contributed by atoms with E-state index in [-0.39, 0.29) is 12.1 Å². The fourth-order valence-electron chi connectivity index (χ4n) is 12.1. The average molecular weight is 802 g/mol. The van der Waals surface area contributed by atoms with Crippen molar-refractivity contribution in [3.8, 4) is 11.1 Å². The van der Waals surface area contributed by atoms with Crippen molar-refractivity contribution < 1.29 is 0 Å². The molecule has 12 aromatic carbocycles. The van der Waals surface area contributed by atoms with E-state index in [1.54, 1.807) is 0 Å². The topological polar surface area (TPSA) is 3.24 Å². The standard InChI is InChI=1S/C61H44BN/c1-37-34-51-44-31-30-42(63(40-20-10-6-11-21-40)41-22-12-7-13-23-41)36-50(44)46-25-16-27-49-55-38(2)35-54(48-33-32-43(37)57(58(48)55)59(51)56(46)49)62(39-18-8-5-9-19-39)53-29-17-26-47-45-24-14-15-28-52(45)61(3,4)60(47)53/h5-36H,1-4H3. The number of anilines is 3. The van der Waals surface area contributed by atoms with Crippen LogP contribution in [-0.2, 0) is 5.41 Å². The molecule has 2 heteroatoms. The van der Waals surface area contributed by atoms with Gasteiger partial charge in [-0.15, -0.1) is 0 Å². The van der Waals surface area contributed by atoms with Crippen LogP contribution >= 0.6 is 0 Å². The highest BCUT2D eigenvalue weighted by Gasteiger charge is 2.40. The summed E-state index contributed by atoms with van der Waals surface area (Å²) in [7, 11) is 0. The first-order valence-electron chi connectivity index (χ1n) is 22.4. The molecule has 0 heterocycles. The van der Waals surface area contributed by atoms with Crippen molar-refractivity contribution in [1.29, 1.82) is 0 Å². The Kier molecular flexibility index (Phi) is 7.65. The predicted octanol–water partition coefficient (Wildman–Crippen LogP) is 14.4. The number of para-hydroxylation sites is 2.